The Morgan fingerprint density at radius 3 is 2.64 bits per heavy atom. The zero-order valence-corrected chi connectivity index (χ0v) is 10.8. The van der Waals surface area contributed by atoms with Gasteiger partial charge in [0.25, 0.3) is 0 Å². The van der Waals surface area contributed by atoms with Crippen LogP contribution in [0.4, 0.5) is 0 Å². The lowest BCUT2D eigenvalue weighted by molar-refractivity contribution is 0.172. The molecule has 0 saturated heterocycles. The molecule has 0 aromatic rings. The van der Waals surface area contributed by atoms with Crippen molar-refractivity contribution in [3.8, 4) is 0 Å². The Bertz CT molecular complexity index is 122. The highest BCUT2D eigenvalue weighted by atomic mass is 32.2. The second-order valence-electron chi connectivity index (χ2n) is 3.77. The molecule has 2 unspecified atom stereocenters. The number of hydrogen-bond donors (Lipinski definition) is 1. The van der Waals surface area contributed by atoms with Crippen LogP contribution in [-0.2, 0) is 4.74 Å². The highest BCUT2D eigenvalue weighted by Gasteiger charge is 2.15. The maximum Gasteiger partial charge on any atom is 0.0465 e. The predicted molar refractivity (Wildman–Crippen MR) is 66.1 cm³/mol. The second-order valence-corrected chi connectivity index (χ2v) is 4.69. The minimum absolute atomic E-state index is 0.639. The Hall–Kier alpha value is 0.270. The monoisotopic (exact) mass is 219 g/mol. The minimum atomic E-state index is 0.639. The zero-order valence-electron chi connectivity index (χ0n) is 10.0. The van der Waals surface area contributed by atoms with Crippen LogP contribution in [0.15, 0.2) is 0 Å². The van der Waals surface area contributed by atoms with E-state index in [-0.39, 0.29) is 0 Å². The fourth-order valence-corrected chi connectivity index (χ4v) is 2.24. The highest BCUT2D eigenvalue weighted by molar-refractivity contribution is 7.98. The largest absolute Gasteiger partial charge is 0.385 e. The van der Waals surface area contributed by atoms with Crippen molar-refractivity contribution in [1.82, 2.24) is 5.32 Å². The number of methoxy groups -OCH3 is 1. The molecular weight excluding hydrogens is 194 g/mol. The number of hydrogen-bond acceptors (Lipinski definition) is 3. The van der Waals surface area contributed by atoms with Crippen LogP contribution in [-0.4, -0.2) is 38.3 Å². The molecule has 0 aliphatic carbocycles. The molecule has 0 spiro atoms. The maximum absolute atomic E-state index is 5.11. The lowest BCUT2D eigenvalue weighted by atomic mass is 10.00. The van der Waals surface area contributed by atoms with Gasteiger partial charge in [-0.1, -0.05) is 13.8 Å². The van der Waals surface area contributed by atoms with Crippen LogP contribution in [0.1, 0.15) is 26.7 Å². The average Bonchev–Trinajstić information content (AvgIpc) is 2.20. The zero-order chi connectivity index (χ0) is 10.8. The Morgan fingerprint density at radius 2 is 2.14 bits per heavy atom. The first-order valence-corrected chi connectivity index (χ1v) is 6.86. The number of ether oxygens (including phenoxy) is 1. The first-order valence-electron chi connectivity index (χ1n) is 5.47. The van der Waals surface area contributed by atoms with E-state index in [2.05, 4.69) is 25.4 Å². The average molecular weight is 219 g/mol. The summed E-state index contributed by atoms with van der Waals surface area (Å²) in [4.78, 5) is 0. The van der Waals surface area contributed by atoms with Gasteiger partial charge in [-0.2, -0.15) is 11.8 Å². The fraction of sp³-hybridized carbons (Fsp3) is 1.00. The molecule has 0 saturated carbocycles. The molecule has 3 heteroatoms. The van der Waals surface area contributed by atoms with E-state index in [4.69, 9.17) is 4.74 Å². The van der Waals surface area contributed by atoms with Gasteiger partial charge in [0, 0.05) is 25.5 Å². The van der Waals surface area contributed by atoms with Crippen molar-refractivity contribution in [2.75, 3.05) is 32.3 Å². The van der Waals surface area contributed by atoms with Crippen LogP contribution in [0, 0.1) is 5.92 Å². The summed E-state index contributed by atoms with van der Waals surface area (Å²) in [6.07, 6.45) is 4.53. The van der Waals surface area contributed by atoms with Crippen LogP contribution < -0.4 is 5.32 Å². The molecule has 86 valence electrons. The van der Waals surface area contributed by atoms with Gasteiger partial charge in [0.05, 0.1) is 0 Å². The maximum atomic E-state index is 5.11. The summed E-state index contributed by atoms with van der Waals surface area (Å²) in [5.74, 6) is 1.90. The summed E-state index contributed by atoms with van der Waals surface area (Å²) >= 11 is 1.92. The molecule has 0 fully saturated rings. The molecule has 0 radical (unpaired) electrons. The van der Waals surface area contributed by atoms with Gasteiger partial charge in [-0.05, 0) is 31.6 Å². The third-order valence-electron chi connectivity index (χ3n) is 2.47. The summed E-state index contributed by atoms with van der Waals surface area (Å²) < 4.78 is 5.11. The molecule has 14 heavy (non-hydrogen) atoms. The lowest BCUT2D eigenvalue weighted by Gasteiger charge is -2.24. The first-order chi connectivity index (χ1) is 6.76. The third-order valence-corrected chi connectivity index (χ3v) is 3.16. The summed E-state index contributed by atoms with van der Waals surface area (Å²) in [5, 5.41) is 3.60. The summed E-state index contributed by atoms with van der Waals surface area (Å²) in [6, 6.07) is 0.639. The Morgan fingerprint density at radius 1 is 1.43 bits per heavy atom. The molecule has 0 aliphatic heterocycles. The Labute approximate surface area is 93.2 Å². The summed E-state index contributed by atoms with van der Waals surface area (Å²) in [7, 11) is 1.77. The lowest BCUT2D eigenvalue weighted by Crippen LogP contribution is -2.38. The number of thioether (sulfide) groups is 1. The van der Waals surface area contributed by atoms with Gasteiger partial charge in [-0.3, -0.25) is 0 Å². The summed E-state index contributed by atoms with van der Waals surface area (Å²) in [6.45, 7) is 6.52. The molecule has 0 amide bonds. The third kappa shape index (κ3) is 6.68. The van der Waals surface area contributed by atoms with Gasteiger partial charge in [-0.25, -0.2) is 0 Å². The molecule has 0 bridgehead atoms. The second kappa shape index (κ2) is 9.81. The Kier molecular flexibility index (Phi) is 10.0. The predicted octanol–water partition coefficient (Wildman–Crippen LogP) is 2.39. The van der Waals surface area contributed by atoms with Crippen LogP contribution in [0.3, 0.4) is 0 Å². The molecule has 0 aromatic heterocycles. The molecule has 1 N–H and O–H groups in total. The van der Waals surface area contributed by atoms with Crippen LogP contribution in [0.5, 0.6) is 0 Å². The van der Waals surface area contributed by atoms with E-state index in [1.807, 2.05) is 11.8 Å². The van der Waals surface area contributed by atoms with Crippen LogP contribution in [0.25, 0.3) is 0 Å². The molecule has 2 atom stereocenters. The van der Waals surface area contributed by atoms with Crippen LogP contribution in [0.2, 0.25) is 0 Å². The van der Waals surface area contributed by atoms with Crippen molar-refractivity contribution in [3.05, 3.63) is 0 Å². The van der Waals surface area contributed by atoms with Crippen molar-refractivity contribution < 1.29 is 4.74 Å². The van der Waals surface area contributed by atoms with E-state index in [0.29, 0.717) is 12.0 Å². The minimum Gasteiger partial charge on any atom is -0.385 e. The number of rotatable bonds is 9. The molecule has 0 aromatic carbocycles. The van der Waals surface area contributed by atoms with E-state index in [0.717, 1.165) is 19.6 Å². The van der Waals surface area contributed by atoms with E-state index in [1.54, 1.807) is 7.11 Å². The van der Waals surface area contributed by atoms with Crippen molar-refractivity contribution in [3.63, 3.8) is 0 Å². The smallest absolute Gasteiger partial charge is 0.0465 e. The normalized spacial score (nSPS) is 15.4. The van der Waals surface area contributed by atoms with Gasteiger partial charge >= 0.3 is 0 Å². The molecule has 0 heterocycles. The van der Waals surface area contributed by atoms with Gasteiger partial charge in [0.1, 0.15) is 0 Å². The fourth-order valence-electron chi connectivity index (χ4n) is 1.44. The van der Waals surface area contributed by atoms with Crippen molar-refractivity contribution >= 4 is 11.8 Å². The van der Waals surface area contributed by atoms with Crippen LogP contribution >= 0.6 is 11.8 Å². The van der Waals surface area contributed by atoms with Gasteiger partial charge < -0.3 is 10.1 Å². The summed E-state index contributed by atoms with van der Waals surface area (Å²) in [5.41, 5.74) is 0. The first kappa shape index (κ1) is 14.3. The molecular formula is C11H25NOS. The van der Waals surface area contributed by atoms with Gasteiger partial charge in [-0.15, -0.1) is 0 Å². The van der Waals surface area contributed by atoms with E-state index < -0.39 is 0 Å². The number of nitrogens with one attached hydrogen (secondary N) is 1. The van der Waals surface area contributed by atoms with Crippen molar-refractivity contribution in [1.29, 1.82) is 0 Å². The van der Waals surface area contributed by atoms with E-state index in [1.165, 1.54) is 12.2 Å². The van der Waals surface area contributed by atoms with Crippen molar-refractivity contribution in [2.45, 2.75) is 32.7 Å². The quantitative estimate of drug-likeness (QED) is 0.643. The highest BCUT2D eigenvalue weighted by Crippen LogP contribution is 2.12. The topological polar surface area (TPSA) is 21.3 Å². The van der Waals surface area contributed by atoms with E-state index >= 15 is 0 Å². The molecule has 0 aliphatic rings. The molecule has 2 nitrogen and oxygen atoms in total. The van der Waals surface area contributed by atoms with Gasteiger partial charge in [0.15, 0.2) is 0 Å². The Balaban J connectivity index is 3.77. The van der Waals surface area contributed by atoms with Crippen molar-refractivity contribution in [2.24, 2.45) is 5.92 Å². The molecule has 0 rings (SSSR count). The standard InChI is InChI=1S/C11H25NOS/c1-5-7-12-11(9-14-4)10(2)6-8-13-3/h10-12H,5-9H2,1-4H3. The SMILES string of the molecule is CCCNC(CSC)C(C)CCOC. The van der Waals surface area contributed by atoms with Gasteiger partial charge in [0.2, 0.25) is 0 Å². The van der Waals surface area contributed by atoms with E-state index in [9.17, 15) is 0 Å².